The van der Waals surface area contributed by atoms with Gasteiger partial charge in [-0.05, 0) is 43.7 Å². The molecule has 1 amide bonds. The minimum absolute atomic E-state index is 0.162. The minimum atomic E-state index is -0.222. The van der Waals surface area contributed by atoms with Gasteiger partial charge in [-0.15, -0.1) is 10.2 Å². The number of carbonyl (C=O) groups excluding carboxylic acids is 1. The number of thioether (sulfide) groups is 1. The third-order valence-corrected chi connectivity index (χ3v) is 6.43. The van der Waals surface area contributed by atoms with Crippen molar-refractivity contribution in [2.24, 2.45) is 0 Å². The van der Waals surface area contributed by atoms with Crippen molar-refractivity contribution in [1.82, 2.24) is 14.8 Å². The van der Waals surface area contributed by atoms with Crippen LogP contribution in [0.25, 0.3) is 5.69 Å². The fourth-order valence-electron chi connectivity index (χ4n) is 2.78. The summed E-state index contributed by atoms with van der Waals surface area (Å²) in [6, 6.07) is 9.66. The van der Waals surface area contributed by atoms with E-state index < -0.39 is 0 Å². The Morgan fingerprint density at radius 3 is 2.62 bits per heavy atom. The maximum atomic E-state index is 12.6. The number of hydrogen-bond acceptors (Lipinski definition) is 8. The highest BCUT2D eigenvalue weighted by Crippen LogP contribution is 2.31. The highest BCUT2D eigenvalue weighted by Gasteiger charge is 2.21. The predicted molar refractivity (Wildman–Crippen MR) is 115 cm³/mol. The first-order valence-corrected chi connectivity index (χ1v) is 10.5. The van der Waals surface area contributed by atoms with E-state index in [-0.39, 0.29) is 11.7 Å². The molecule has 0 spiro atoms. The molecule has 150 valence electrons. The molecule has 2 N–H and O–H groups in total. The number of nitrogens with one attached hydrogen (secondary N) is 2. The molecule has 0 saturated carbocycles. The second-order valence-corrected chi connectivity index (χ2v) is 8.24. The van der Waals surface area contributed by atoms with E-state index in [1.54, 1.807) is 14.2 Å². The summed E-state index contributed by atoms with van der Waals surface area (Å²) in [5.74, 6) is 1.14. The molecule has 3 aromatic rings. The Bertz CT molecular complexity index is 1070. The molecule has 0 unspecified atom stereocenters. The van der Waals surface area contributed by atoms with Gasteiger partial charge in [0.1, 0.15) is 17.6 Å². The number of amides is 1. The van der Waals surface area contributed by atoms with E-state index in [1.165, 1.54) is 23.1 Å². The fraction of sp³-hybridized carbons (Fsp3) is 0.263. The minimum Gasteiger partial charge on any atom is -0.497 e. The molecule has 2 heterocycles. The van der Waals surface area contributed by atoms with Crippen LogP contribution in [0.3, 0.4) is 0 Å². The Balaban J connectivity index is 1.86. The van der Waals surface area contributed by atoms with Crippen molar-refractivity contribution in [2.45, 2.75) is 18.2 Å². The first-order valence-electron chi connectivity index (χ1n) is 8.68. The van der Waals surface area contributed by atoms with Gasteiger partial charge >= 0.3 is 0 Å². The molecule has 1 aromatic carbocycles. The van der Waals surface area contributed by atoms with Gasteiger partial charge in [0.15, 0.2) is 4.34 Å². The van der Waals surface area contributed by atoms with E-state index in [0.717, 1.165) is 22.7 Å². The molecule has 0 bridgehead atoms. The summed E-state index contributed by atoms with van der Waals surface area (Å²) in [5, 5.41) is 24.1. The first-order chi connectivity index (χ1) is 14.0. The number of rotatable bonds is 7. The summed E-state index contributed by atoms with van der Waals surface area (Å²) in [4.78, 5) is 12.6. The summed E-state index contributed by atoms with van der Waals surface area (Å²) >= 11 is 2.68. The van der Waals surface area contributed by atoms with E-state index in [1.807, 2.05) is 42.7 Å². The molecule has 0 atom stereocenters. The Morgan fingerprint density at radius 1 is 1.31 bits per heavy atom. The molecule has 8 nitrogen and oxygen atoms in total. The molecular weight excluding hydrogens is 408 g/mol. The van der Waals surface area contributed by atoms with Crippen molar-refractivity contribution in [1.29, 1.82) is 5.26 Å². The second kappa shape index (κ2) is 8.98. The zero-order chi connectivity index (χ0) is 21.0. The van der Waals surface area contributed by atoms with Gasteiger partial charge in [0.2, 0.25) is 11.0 Å². The summed E-state index contributed by atoms with van der Waals surface area (Å²) in [6.07, 6.45) is 0. The molecule has 0 aliphatic rings. The normalized spacial score (nSPS) is 10.4. The van der Waals surface area contributed by atoms with E-state index >= 15 is 0 Å². The van der Waals surface area contributed by atoms with Crippen molar-refractivity contribution in [2.75, 3.05) is 30.5 Å². The monoisotopic (exact) mass is 428 g/mol. The maximum Gasteiger partial charge on any atom is 0.235 e. The molecule has 10 heteroatoms. The summed E-state index contributed by atoms with van der Waals surface area (Å²) < 4.78 is 7.79. The van der Waals surface area contributed by atoms with Crippen LogP contribution in [0.4, 0.5) is 10.9 Å². The summed E-state index contributed by atoms with van der Waals surface area (Å²) in [6.45, 7) is 3.80. The third-order valence-electron chi connectivity index (χ3n) is 4.36. The van der Waals surface area contributed by atoms with E-state index in [2.05, 4.69) is 26.9 Å². The molecule has 0 radical (unpaired) electrons. The van der Waals surface area contributed by atoms with Crippen LogP contribution in [0, 0.1) is 25.2 Å². The Morgan fingerprint density at radius 2 is 2.03 bits per heavy atom. The van der Waals surface area contributed by atoms with Crippen LogP contribution in [0.1, 0.15) is 16.8 Å². The lowest BCUT2D eigenvalue weighted by Gasteiger charge is -2.13. The van der Waals surface area contributed by atoms with Gasteiger partial charge in [-0.3, -0.25) is 9.36 Å². The molecular formula is C19H20N6O2S2. The molecule has 0 saturated heterocycles. The van der Waals surface area contributed by atoms with Crippen molar-refractivity contribution in [3.05, 3.63) is 41.1 Å². The highest BCUT2D eigenvalue weighted by molar-refractivity contribution is 8.01. The number of carbonyl (C=O) groups is 1. The third kappa shape index (κ3) is 4.36. The molecule has 29 heavy (non-hydrogen) atoms. The van der Waals surface area contributed by atoms with E-state index in [4.69, 9.17) is 4.74 Å². The number of anilines is 2. The second-order valence-electron chi connectivity index (χ2n) is 6.04. The zero-order valence-corrected chi connectivity index (χ0v) is 18.1. The molecule has 0 aliphatic heterocycles. The Labute approximate surface area is 176 Å². The predicted octanol–water partition coefficient (Wildman–Crippen LogP) is 3.60. The van der Waals surface area contributed by atoms with E-state index in [9.17, 15) is 10.1 Å². The lowest BCUT2D eigenvalue weighted by molar-refractivity contribution is -0.113. The van der Waals surface area contributed by atoms with Crippen LogP contribution in [0.2, 0.25) is 0 Å². The average molecular weight is 429 g/mol. The zero-order valence-electron chi connectivity index (χ0n) is 16.4. The van der Waals surface area contributed by atoms with Crippen LogP contribution >= 0.6 is 23.1 Å². The quantitative estimate of drug-likeness (QED) is 0.554. The van der Waals surface area contributed by atoms with Gasteiger partial charge in [0.05, 0.1) is 18.4 Å². The topological polar surface area (TPSA) is 105 Å². The molecule has 3 rings (SSSR count). The average Bonchev–Trinajstić information content (AvgIpc) is 3.29. The van der Waals surface area contributed by atoms with Gasteiger partial charge < -0.3 is 15.4 Å². The maximum absolute atomic E-state index is 12.6. The highest BCUT2D eigenvalue weighted by atomic mass is 32.2. The number of methoxy groups -OCH3 is 1. The number of ether oxygens (including phenoxy) is 1. The van der Waals surface area contributed by atoms with Crippen LogP contribution in [0.15, 0.2) is 28.6 Å². The van der Waals surface area contributed by atoms with Crippen molar-refractivity contribution < 1.29 is 9.53 Å². The SMILES string of the molecule is CNc1nnc(SCC(=O)Nc2c(C#N)c(C)c(C)n2-c2ccc(OC)cc2)s1. The first kappa shape index (κ1) is 20.7. The van der Waals surface area contributed by atoms with Crippen molar-refractivity contribution in [3.8, 4) is 17.5 Å². The van der Waals surface area contributed by atoms with Gasteiger partial charge in [-0.1, -0.05) is 23.1 Å². The molecule has 2 aromatic heterocycles. The Kier molecular flexibility index (Phi) is 6.41. The lowest BCUT2D eigenvalue weighted by atomic mass is 10.2. The fourth-order valence-corrected chi connectivity index (χ4v) is 4.28. The standard InChI is InChI=1S/C19H20N6O2S2/c1-11-12(2)25(13-5-7-14(27-4)8-6-13)17(15(11)9-20)22-16(26)10-28-19-24-23-18(21-3)29-19/h5-8H,10H2,1-4H3,(H,21,23)(H,22,26). The van der Waals surface area contributed by atoms with Crippen LogP contribution in [-0.2, 0) is 4.79 Å². The van der Waals surface area contributed by atoms with Crippen LogP contribution < -0.4 is 15.4 Å². The largest absolute Gasteiger partial charge is 0.497 e. The number of aromatic nitrogens is 3. The number of nitriles is 1. The van der Waals surface area contributed by atoms with E-state index in [0.29, 0.717) is 20.9 Å². The molecule has 0 fully saturated rings. The molecule has 0 aliphatic carbocycles. The van der Waals surface area contributed by atoms with Crippen LogP contribution in [0.5, 0.6) is 5.75 Å². The van der Waals surface area contributed by atoms with Gasteiger partial charge in [-0.2, -0.15) is 5.26 Å². The van der Waals surface area contributed by atoms with Gasteiger partial charge in [-0.25, -0.2) is 0 Å². The van der Waals surface area contributed by atoms with Crippen LogP contribution in [-0.4, -0.2) is 40.6 Å². The lowest BCUT2D eigenvalue weighted by Crippen LogP contribution is -2.17. The van der Waals surface area contributed by atoms with Gasteiger partial charge in [0.25, 0.3) is 0 Å². The Hall–Kier alpha value is -3.03. The smallest absolute Gasteiger partial charge is 0.235 e. The van der Waals surface area contributed by atoms with Crippen molar-refractivity contribution in [3.63, 3.8) is 0 Å². The van der Waals surface area contributed by atoms with Crippen molar-refractivity contribution >= 4 is 40.0 Å². The summed E-state index contributed by atoms with van der Waals surface area (Å²) in [5.41, 5.74) is 3.00. The number of hydrogen-bond donors (Lipinski definition) is 2. The number of nitrogens with zero attached hydrogens (tertiary/aromatic N) is 4. The number of benzene rings is 1. The van der Waals surface area contributed by atoms with Gasteiger partial charge in [0, 0.05) is 18.4 Å². The summed E-state index contributed by atoms with van der Waals surface area (Å²) in [7, 11) is 3.37.